The zero-order valence-corrected chi connectivity index (χ0v) is 12.2. The number of nitrogens with two attached hydrogens (primary N) is 1. The Bertz CT molecular complexity index is 444. The fourth-order valence-corrected chi connectivity index (χ4v) is 3.14. The monoisotopic (exact) mass is 301 g/mol. The highest BCUT2D eigenvalue weighted by molar-refractivity contribution is 5.28. The highest BCUT2D eigenvalue weighted by atomic mass is 19.4. The number of halogens is 3. The molecule has 0 saturated heterocycles. The van der Waals surface area contributed by atoms with Crippen LogP contribution in [0.25, 0.3) is 0 Å². The Morgan fingerprint density at radius 2 is 1.90 bits per heavy atom. The summed E-state index contributed by atoms with van der Waals surface area (Å²) < 4.78 is 40.1. The van der Waals surface area contributed by atoms with Gasteiger partial charge in [-0.25, -0.2) is 0 Å². The van der Waals surface area contributed by atoms with Crippen molar-refractivity contribution in [2.45, 2.75) is 51.4 Å². The quantitative estimate of drug-likeness (QED) is 0.881. The van der Waals surface area contributed by atoms with E-state index in [0.717, 1.165) is 17.9 Å². The SMILES string of the molecule is CCC1CCC(C(N)Cc2ccc(OC(F)(F)F)cc2)C1. The fourth-order valence-electron chi connectivity index (χ4n) is 3.14. The van der Waals surface area contributed by atoms with E-state index in [9.17, 15) is 13.2 Å². The van der Waals surface area contributed by atoms with Crippen LogP contribution >= 0.6 is 0 Å². The van der Waals surface area contributed by atoms with E-state index in [1.54, 1.807) is 12.1 Å². The molecular weight excluding hydrogens is 279 g/mol. The summed E-state index contributed by atoms with van der Waals surface area (Å²) in [6.07, 6.45) is 0.839. The topological polar surface area (TPSA) is 35.2 Å². The lowest BCUT2D eigenvalue weighted by Gasteiger charge is -2.19. The van der Waals surface area contributed by atoms with Gasteiger partial charge in [-0.2, -0.15) is 0 Å². The van der Waals surface area contributed by atoms with Crippen LogP contribution in [-0.4, -0.2) is 12.4 Å². The third-order valence-corrected chi connectivity index (χ3v) is 4.39. The lowest BCUT2D eigenvalue weighted by Crippen LogP contribution is -2.30. The third-order valence-electron chi connectivity index (χ3n) is 4.39. The summed E-state index contributed by atoms with van der Waals surface area (Å²) in [5, 5.41) is 0. The Hall–Kier alpha value is -1.23. The van der Waals surface area contributed by atoms with Gasteiger partial charge in [0.15, 0.2) is 0 Å². The number of hydrogen-bond donors (Lipinski definition) is 1. The van der Waals surface area contributed by atoms with Gasteiger partial charge in [-0.3, -0.25) is 0 Å². The molecule has 1 fully saturated rings. The molecule has 3 atom stereocenters. The standard InChI is InChI=1S/C16H22F3NO/c1-2-11-3-6-13(9-11)15(20)10-12-4-7-14(8-5-12)21-16(17,18)19/h4-5,7-8,11,13,15H,2-3,6,9-10,20H2,1H3. The van der Waals surface area contributed by atoms with Crippen LogP contribution in [0.3, 0.4) is 0 Å². The molecule has 2 rings (SSSR count). The molecule has 1 aliphatic rings. The minimum absolute atomic E-state index is 0.0796. The van der Waals surface area contributed by atoms with E-state index < -0.39 is 6.36 Å². The van der Waals surface area contributed by atoms with E-state index in [4.69, 9.17) is 5.73 Å². The number of rotatable bonds is 5. The molecule has 0 amide bonds. The van der Waals surface area contributed by atoms with Gasteiger partial charge in [-0.1, -0.05) is 31.9 Å². The van der Waals surface area contributed by atoms with Crippen molar-refractivity contribution in [3.63, 3.8) is 0 Å². The van der Waals surface area contributed by atoms with Crippen LogP contribution in [0.15, 0.2) is 24.3 Å². The molecule has 2 nitrogen and oxygen atoms in total. The average Bonchev–Trinajstić information content (AvgIpc) is 2.88. The molecule has 0 spiro atoms. The molecule has 2 N–H and O–H groups in total. The first-order valence-electron chi connectivity index (χ1n) is 7.47. The van der Waals surface area contributed by atoms with Gasteiger partial charge in [-0.05, 0) is 48.8 Å². The number of ether oxygens (including phenoxy) is 1. The predicted octanol–water partition coefficient (Wildman–Crippen LogP) is 4.28. The normalized spacial score (nSPS) is 24.0. The minimum Gasteiger partial charge on any atom is -0.406 e. The maximum Gasteiger partial charge on any atom is 0.573 e. The van der Waals surface area contributed by atoms with Crippen LogP contribution in [0.1, 0.15) is 38.2 Å². The molecule has 1 aromatic rings. The molecule has 0 bridgehead atoms. The summed E-state index contributed by atoms with van der Waals surface area (Å²) in [4.78, 5) is 0. The number of hydrogen-bond acceptors (Lipinski definition) is 2. The molecule has 1 saturated carbocycles. The van der Waals surface area contributed by atoms with Crippen molar-refractivity contribution in [3.05, 3.63) is 29.8 Å². The van der Waals surface area contributed by atoms with Crippen molar-refractivity contribution in [2.24, 2.45) is 17.6 Å². The fraction of sp³-hybridized carbons (Fsp3) is 0.625. The molecule has 3 unspecified atom stereocenters. The van der Waals surface area contributed by atoms with Crippen LogP contribution in [0.4, 0.5) is 13.2 Å². The van der Waals surface area contributed by atoms with E-state index in [1.165, 1.54) is 31.4 Å². The van der Waals surface area contributed by atoms with Crippen LogP contribution in [-0.2, 0) is 6.42 Å². The summed E-state index contributed by atoms with van der Waals surface area (Å²) in [6.45, 7) is 2.21. The van der Waals surface area contributed by atoms with Gasteiger partial charge >= 0.3 is 6.36 Å². The molecule has 0 radical (unpaired) electrons. The zero-order chi connectivity index (χ0) is 15.5. The molecule has 0 heterocycles. The highest BCUT2D eigenvalue weighted by Gasteiger charge is 2.31. The Balaban J connectivity index is 1.88. The van der Waals surface area contributed by atoms with Crippen molar-refractivity contribution in [2.75, 3.05) is 0 Å². The average molecular weight is 301 g/mol. The summed E-state index contributed by atoms with van der Waals surface area (Å²) in [6, 6.07) is 6.09. The van der Waals surface area contributed by atoms with Gasteiger partial charge < -0.3 is 10.5 Å². The Kier molecular flexibility index (Phi) is 5.14. The lowest BCUT2D eigenvalue weighted by atomic mass is 9.92. The largest absolute Gasteiger partial charge is 0.573 e. The second-order valence-corrected chi connectivity index (χ2v) is 5.91. The van der Waals surface area contributed by atoms with E-state index in [1.807, 2.05) is 0 Å². The maximum atomic E-state index is 12.1. The van der Waals surface area contributed by atoms with Crippen molar-refractivity contribution >= 4 is 0 Å². The van der Waals surface area contributed by atoms with Crippen molar-refractivity contribution < 1.29 is 17.9 Å². The zero-order valence-electron chi connectivity index (χ0n) is 12.2. The first kappa shape index (κ1) is 16.1. The molecule has 0 aliphatic heterocycles. The van der Waals surface area contributed by atoms with Gasteiger partial charge in [0.05, 0.1) is 0 Å². The maximum absolute atomic E-state index is 12.1. The number of alkyl halides is 3. The molecule has 5 heteroatoms. The summed E-state index contributed by atoms with van der Waals surface area (Å²) in [7, 11) is 0. The molecule has 118 valence electrons. The van der Waals surface area contributed by atoms with E-state index in [-0.39, 0.29) is 11.8 Å². The summed E-state index contributed by atoms with van der Waals surface area (Å²) in [5.41, 5.74) is 7.21. The summed E-state index contributed by atoms with van der Waals surface area (Å²) in [5.74, 6) is 1.12. The van der Waals surface area contributed by atoms with E-state index in [0.29, 0.717) is 12.3 Å². The molecule has 0 aromatic heterocycles. The Morgan fingerprint density at radius 1 is 1.24 bits per heavy atom. The van der Waals surface area contributed by atoms with Gasteiger partial charge in [0.25, 0.3) is 0 Å². The molecular formula is C16H22F3NO. The minimum atomic E-state index is -4.64. The first-order valence-corrected chi connectivity index (χ1v) is 7.47. The van der Waals surface area contributed by atoms with E-state index in [2.05, 4.69) is 11.7 Å². The van der Waals surface area contributed by atoms with Crippen molar-refractivity contribution in [1.82, 2.24) is 0 Å². The van der Waals surface area contributed by atoms with Crippen LogP contribution in [0, 0.1) is 11.8 Å². The van der Waals surface area contributed by atoms with E-state index >= 15 is 0 Å². The third kappa shape index (κ3) is 4.92. The Morgan fingerprint density at radius 3 is 2.43 bits per heavy atom. The molecule has 1 aliphatic carbocycles. The lowest BCUT2D eigenvalue weighted by molar-refractivity contribution is -0.274. The van der Waals surface area contributed by atoms with Crippen LogP contribution in [0.2, 0.25) is 0 Å². The van der Waals surface area contributed by atoms with Gasteiger partial charge in [-0.15, -0.1) is 13.2 Å². The second kappa shape index (κ2) is 6.69. The summed E-state index contributed by atoms with van der Waals surface area (Å²) >= 11 is 0. The highest BCUT2D eigenvalue weighted by Crippen LogP contribution is 2.35. The first-order chi connectivity index (χ1) is 9.87. The second-order valence-electron chi connectivity index (χ2n) is 5.91. The van der Waals surface area contributed by atoms with Crippen molar-refractivity contribution in [3.8, 4) is 5.75 Å². The van der Waals surface area contributed by atoms with Gasteiger partial charge in [0.1, 0.15) is 5.75 Å². The molecule has 1 aromatic carbocycles. The smallest absolute Gasteiger partial charge is 0.406 e. The Labute approximate surface area is 123 Å². The number of benzene rings is 1. The van der Waals surface area contributed by atoms with Gasteiger partial charge in [0.2, 0.25) is 0 Å². The van der Waals surface area contributed by atoms with Crippen LogP contribution in [0.5, 0.6) is 5.75 Å². The van der Waals surface area contributed by atoms with Crippen molar-refractivity contribution in [1.29, 1.82) is 0 Å². The predicted molar refractivity (Wildman–Crippen MR) is 75.9 cm³/mol. The van der Waals surface area contributed by atoms with Gasteiger partial charge in [0, 0.05) is 6.04 Å². The molecule has 21 heavy (non-hydrogen) atoms. The van der Waals surface area contributed by atoms with Crippen LogP contribution < -0.4 is 10.5 Å².